The number of carbonyl (C=O) groups is 5. The lowest BCUT2D eigenvalue weighted by Crippen LogP contribution is -2.58. The number of benzene rings is 2. The molecule has 1 aromatic heterocycles. The molecular formula is C28H33N5O7S. The summed E-state index contributed by atoms with van der Waals surface area (Å²) in [6.07, 6.45) is 1.24. The Labute approximate surface area is 241 Å². The minimum atomic E-state index is -1.38. The van der Waals surface area contributed by atoms with Crippen LogP contribution in [-0.4, -0.2) is 74.8 Å². The second kappa shape index (κ2) is 14.9. The molecule has 0 bridgehead atoms. The first-order chi connectivity index (χ1) is 19.6. The number of rotatable bonds is 15. The third-order valence-corrected chi connectivity index (χ3v) is 6.81. The number of carboxylic acid groups (broad SMARTS) is 2. The number of carboxylic acids is 2. The molecule has 41 heavy (non-hydrogen) atoms. The third kappa shape index (κ3) is 9.08. The second-order valence-corrected chi connectivity index (χ2v) is 9.86. The highest BCUT2D eigenvalue weighted by Gasteiger charge is 2.30. The minimum Gasteiger partial charge on any atom is -0.481 e. The number of nitrogens with one attached hydrogen (secondary N) is 4. The molecule has 0 saturated heterocycles. The molecule has 218 valence electrons. The minimum absolute atomic E-state index is 0.0554. The van der Waals surface area contributed by atoms with Crippen LogP contribution in [0.4, 0.5) is 0 Å². The van der Waals surface area contributed by atoms with E-state index in [0.29, 0.717) is 5.56 Å². The maximum absolute atomic E-state index is 13.4. The first-order valence-electron chi connectivity index (χ1n) is 12.9. The summed E-state index contributed by atoms with van der Waals surface area (Å²) in [5, 5.41) is 26.7. The van der Waals surface area contributed by atoms with Crippen LogP contribution < -0.4 is 21.7 Å². The van der Waals surface area contributed by atoms with Gasteiger partial charge in [0.1, 0.15) is 18.1 Å². The number of nitrogens with two attached hydrogens (primary N) is 1. The van der Waals surface area contributed by atoms with Crippen LogP contribution in [0.3, 0.4) is 0 Å². The summed E-state index contributed by atoms with van der Waals surface area (Å²) >= 11 is 3.91. The molecule has 2 aromatic carbocycles. The molecule has 0 aliphatic heterocycles. The molecule has 0 aliphatic rings. The largest absolute Gasteiger partial charge is 0.481 e. The predicted molar refractivity (Wildman–Crippen MR) is 154 cm³/mol. The zero-order chi connectivity index (χ0) is 29.9. The van der Waals surface area contributed by atoms with Crippen LogP contribution in [0.1, 0.15) is 24.0 Å². The zero-order valence-electron chi connectivity index (χ0n) is 22.1. The first kappa shape index (κ1) is 31.2. The van der Waals surface area contributed by atoms with Crippen molar-refractivity contribution in [1.82, 2.24) is 20.9 Å². The number of aliphatic carboxylic acids is 2. The lowest BCUT2D eigenvalue weighted by molar-refractivity contribution is -0.142. The van der Waals surface area contributed by atoms with Crippen molar-refractivity contribution in [1.29, 1.82) is 0 Å². The van der Waals surface area contributed by atoms with Crippen molar-refractivity contribution in [2.24, 2.45) is 5.73 Å². The fourth-order valence-corrected chi connectivity index (χ4v) is 4.48. The fourth-order valence-electron chi connectivity index (χ4n) is 4.23. The van der Waals surface area contributed by atoms with Gasteiger partial charge in [-0.25, -0.2) is 4.79 Å². The van der Waals surface area contributed by atoms with Gasteiger partial charge in [-0.05, 0) is 30.0 Å². The van der Waals surface area contributed by atoms with E-state index in [9.17, 15) is 29.1 Å². The Kier molecular flexibility index (Phi) is 11.3. The molecule has 3 aromatic rings. The molecular weight excluding hydrogens is 550 g/mol. The second-order valence-electron chi connectivity index (χ2n) is 9.50. The number of carbonyl (C=O) groups excluding carboxylic acids is 3. The Balaban J connectivity index is 1.77. The van der Waals surface area contributed by atoms with Crippen molar-refractivity contribution in [2.45, 2.75) is 49.9 Å². The van der Waals surface area contributed by atoms with Crippen LogP contribution in [0.15, 0.2) is 60.8 Å². The van der Waals surface area contributed by atoms with Gasteiger partial charge in [-0.15, -0.1) is 0 Å². The van der Waals surface area contributed by atoms with Gasteiger partial charge in [-0.1, -0.05) is 48.5 Å². The zero-order valence-corrected chi connectivity index (χ0v) is 23.0. The van der Waals surface area contributed by atoms with Gasteiger partial charge in [0, 0.05) is 35.7 Å². The quantitative estimate of drug-likeness (QED) is 0.119. The maximum atomic E-state index is 13.4. The van der Waals surface area contributed by atoms with Gasteiger partial charge in [0.05, 0.1) is 6.04 Å². The summed E-state index contributed by atoms with van der Waals surface area (Å²) in [7, 11) is 0. The Hall–Kier alpha value is -4.36. The Morgan fingerprint density at radius 1 is 0.805 bits per heavy atom. The highest BCUT2D eigenvalue weighted by Crippen LogP contribution is 2.19. The molecule has 12 nitrogen and oxygen atoms in total. The van der Waals surface area contributed by atoms with Gasteiger partial charge in [-0.3, -0.25) is 19.2 Å². The summed E-state index contributed by atoms with van der Waals surface area (Å²) in [5.41, 5.74) is 8.66. The smallest absolute Gasteiger partial charge is 0.327 e. The van der Waals surface area contributed by atoms with Gasteiger partial charge in [0.15, 0.2) is 0 Å². The molecule has 0 saturated carbocycles. The topological polar surface area (TPSA) is 204 Å². The molecule has 3 amide bonds. The molecule has 4 atom stereocenters. The van der Waals surface area contributed by atoms with E-state index in [0.717, 1.165) is 16.5 Å². The highest BCUT2D eigenvalue weighted by atomic mass is 32.1. The average molecular weight is 584 g/mol. The van der Waals surface area contributed by atoms with Crippen LogP contribution in [0.5, 0.6) is 0 Å². The van der Waals surface area contributed by atoms with Crippen LogP contribution in [0.2, 0.25) is 0 Å². The summed E-state index contributed by atoms with van der Waals surface area (Å²) < 4.78 is 0. The number of hydrogen-bond donors (Lipinski definition) is 8. The van der Waals surface area contributed by atoms with Crippen molar-refractivity contribution in [3.8, 4) is 0 Å². The Morgan fingerprint density at radius 3 is 2.07 bits per heavy atom. The van der Waals surface area contributed by atoms with Gasteiger partial charge in [-0.2, -0.15) is 12.6 Å². The normalized spacial score (nSPS) is 13.9. The van der Waals surface area contributed by atoms with Crippen molar-refractivity contribution < 1.29 is 34.2 Å². The summed E-state index contributed by atoms with van der Waals surface area (Å²) in [6, 6.07) is 11.5. The molecule has 0 radical (unpaired) electrons. The molecule has 4 unspecified atom stereocenters. The maximum Gasteiger partial charge on any atom is 0.327 e. The van der Waals surface area contributed by atoms with Crippen molar-refractivity contribution >= 4 is 53.2 Å². The molecule has 0 fully saturated rings. The van der Waals surface area contributed by atoms with Gasteiger partial charge in [0.25, 0.3) is 0 Å². The van der Waals surface area contributed by atoms with E-state index in [1.165, 1.54) is 0 Å². The summed E-state index contributed by atoms with van der Waals surface area (Å²) in [5.74, 6) is -5.01. The Morgan fingerprint density at radius 2 is 1.41 bits per heavy atom. The first-order valence-corrected chi connectivity index (χ1v) is 13.5. The number of para-hydroxylation sites is 1. The van der Waals surface area contributed by atoms with E-state index in [1.54, 1.807) is 36.5 Å². The van der Waals surface area contributed by atoms with Crippen LogP contribution in [0, 0.1) is 0 Å². The van der Waals surface area contributed by atoms with Crippen LogP contribution in [0.25, 0.3) is 10.9 Å². The Bertz CT molecular complexity index is 1380. The van der Waals surface area contributed by atoms with Crippen molar-refractivity contribution in [2.75, 3.05) is 5.75 Å². The summed E-state index contributed by atoms with van der Waals surface area (Å²) in [4.78, 5) is 65.1. The van der Waals surface area contributed by atoms with Gasteiger partial charge < -0.3 is 36.9 Å². The molecule has 3 rings (SSSR count). The lowest BCUT2D eigenvalue weighted by Gasteiger charge is -2.25. The highest BCUT2D eigenvalue weighted by molar-refractivity contribution is 7.80. The monoisotopic (exact) mass is 583 g/mol. The van der Waals surface area contributed by atoms with E-state index in [4.69, 9.17) is 10.8 Å². The fraction of sp³-hybridized carbons (Fsp3) is 0.321. The van der Waals surface area contributed by atoms with E-state index in [2.05, 4.69) is 33.6 Å². The van der Waals surface area contributed by atoms with E-state index in [1.807, 2.05) is 24.3 Å². The van der Waals surface area contributed by atoms with Crippen LogP contribution in [-0.2, 0) is 36.8 Å². The number of aromatic amines is 1. The van der Waals surface area contributed by atoms with E-state index < -0.39 is 60.2 Å². The number of aromatic nitrogens is 1. The predicted octanol–water partition coefficient (Wildman–Crippen LogP) is 0.614. The number of thiol groups is 1. The van der Waals surface area contributed by atoms with Crippen LogP contribution >= 0.6 is 12.6 Å². The molecule has 0 spiro atoms. The summed E-state index contributed by atoms with van der Waals surface area (Å²) in [6.45, 7) is 0. The number of hydrogen-bond acceptors (Lipinski definition) is 7. The molecule has 13 heteroatoms. The standard InChI is InChI=1S/C28H33N5O7S/c29-19(13-17-14-30-20-9-5-4-8-18(17)20)25(36)32-22(12-16-6-2-1-3-7-16)27(38)31-21(10-11-24(34)35)26(37)33-23(15-41)28(39)40/h1-9,14,19,21-23,30,41H,10-13,15,29H2,(H,31,38)(H,32,36)(H,33,37)(H,34,35)(H,39,40). The van der Waals surface area contributed by atoms with Crippen molar-refractivity contribution in [3.63, 3.8) is 0 Å². The van der Waals surface area contributed by atoms with Gasteiger partial charge >= 0.3 is 11.9 Å². The lowest BCUT2D eigenvalue weighted by atomic mass is 10.0. The number of fused-ring (bicyclic) bond motifs is 1. The molecule has 8 N–H and O–H groups in total. The third-order valence-electron chi connectivity index (χ3n) is 6.44. The molecule has 1 heterocycles. The number of H-pyrrole nitrogens is 1. The van der Waals surface area contributed by atoms with E-state index >= 15 is 0 Å². The van der Waals surface area contributed by atoms with E-state index in [-0.39, 0.29) is 25.0 Å². The molecule has 0 aliphatic carbocycles. The number of amides is 3. The van der Waals surface area contributed by atoms with Crippen molar-refractivity contribution in [3.05, 3.63) is 71.9 Å². The van der Waals surface area contributed by atoms with Gasteiger partial charge in [0.2, 0.25) is 17.7 Å². The SMILES string of the molecule is NC(Cc1c[nH]c2ccccc12)C(=O)NC(Cc1ccccc1)C(=O)NC(CCC(=O)O)C(=O)NC(CS)C(=O)O. The average Bonchev–Trinajstić information content (AvgIpc) is 3.36.